The number of hydrogen-bond acceptors (Lipinski definition) is 4. The number of hydrogen-bond donors (Lipinski definition) is 1. The Bertz CT molecular complexity index is 851. The molecule has 136 valence electrons. The minimum Gasteiger partial charge on any atom is -0.466 e. The highest BCUT2D eigenvalue weighted by molar-refractivity contribution is 6.31. The molecule has 0 bridgehead atoms. The molecule has 3 rings (SSSR count). The van der Waals surface area contributed by atoms with E-state index >= 15 is 0 Å². The van der Waals surface area contributed by atoms with Gasteiger partial charge in [0.05, 0.1) is 0 Å². The summed E-state index contributed by atoms with van der Waals surface area (Å²) < 4.78 is 7.52. The summed E-state index contributed by atoms with van der Waals surface area (Å²) in [6.07, 6.45) is 1.14. The van der Waals surface area contributed by atoms with Crippen molar-refractivity contribution in [3.05, 3.63) is 76.8 Å². The van der Waals surface area contributed by atoms with Crippen molar-refractivity contribution < 1.29 is 9.84 Å². The molecule has 1 heterocycles. The maximum atomic E-state index is 11.2. The Morgan fingerprint density at radius 1 is 1.08 bits per heavy atom. The lowest BCUT2D eigenvalue weighted by atomic mass is 9.78. The molecular weight excluding hydrogens is 373 g/mol. The SMILES string of the molecule is CC(C)(c1ccccc1Cl)C(O)C(Oc1ccc(Cl)cc1)n1cncn1. The van der Waals surface area contributed by atoms with Gasteiger partial charge in [-0.05, 0) is 35.9 Å². The van der Waals surface area contributed by atoms with Gasteiger partial charge >= 0.3 is 0 Å². The van der Waals surface area contributed by atoms with Gasteiger partial charge in [0.15, 0.2) is 0 Å². The first-order chi connectivity index (χ1) is 12.4. The van der Waals surface area contributed by atoms with Crippen LogP contribution in [0.1, 0.15) is 25.6 Å². The van der Waals surface area contributed by atoms with Gasteiger partial charge in [-0.15, -0.1) is 0 Å². The Kier molecular flexibility index (Phi) is 5.51. The summed E-state index contributed by atoms with van der Waals surface area (Å²) in [5.74, 6) is 0.559. The molecule has 0 saturated carbocycles. The van der Waals surface area contributed by atoms with Crippen LogP contribution in [0, 0.1) is 0 Å². The fourth-order valence-electron chi connectivity index (χ4n) is 2.76. The van der Waals surface area contributed by atoms with E-state index in [-0.39, 0.29) is 0 Å². The van der Waals surface area contributed by atoms with Crippen molar-refractivity contribution >= 4 is 23.2 Å². The second-order valence-corrected chi connectivity index (χ2v) is 7.33. The number of aliphatic hydroxyl groups excluding tert-OH is 1. The molecule has 0 aliphatic carbocycles. The number of nitrogens with zero attached hydrogens (tertiary/aromatic N) is 3. The fraction of sp³-hybridized carbons (Fsp3) is 0.263. The van der Waals surface area contributed by atoms with Gasteiger partial charge in [0.1, 0.15) is 24.5 Å². The van der Waals surface area contributed by atoms with Crippen LogP contribution in [0.25, 0.3) is 0 Å². The second kappa shape index (κ2) is 7.66. The summed E-state index contributed by atoms with van der Waals surface area (Å²) in [4.78, 5) is 3.97. The van der Waals surface area contributed by atoms with Crippen molar-refractivity contribution in [2.24, 2.45) is 0 Å². The first kappa shape index (κ1) is 18.7. The highest BCUT2D eigenvalue weighted by atomic mass is 35.5. The van der Waals surface area contributed by atoms with Crippen LogP contribution in [-0.2, 0) is 5.41 Å². The quantitative estimate of drug-likeness (QED) is 0.671. The smallest absolute Gasteiger partial charge is 0.219 e. The van der Waals surface area contributed by atoms with Gasteiger partial charge in [0.2, 0.25) is 6.23 Å². The molecule has 0 aliphatic heterocycles. The number of ether oxygens (including phenoxy) is 1. The zero-order valence-electron chi connectivity index (χ0n) is 14.4. The van der Waals surface area contributed by atoms with Crippen LogP contribution in [0.2, 0.25) is 10.0 Å². The van der Waals surface area contributed by atoms with E-state index in [0.29, 0.717) is 15.8 Å². The monoisotopic (exact) mass is 391 g/mol. The highest BCUT2D eigenvalue weighted by Crippen LogP contribution is 2.37. The molecule has 1 aromatic heterocycles. The minimum absolute atomic E-state index is 0.559. The van der Waals surface area contributed by atoms with E-state index < -0.39 is 17.7 Å². The lowest BCUT2D eigenvalue weighted by molar-refractivity contribution is -0.0537. The lowest BCUT2D eigenvalue weighted by Gasteiger charge is -2.36. The summed E-state index contributed by atoms with van der Waals surface area (Å²) in [5, 5.41) is 16.5. The number of benzene rings is 2. The normalized spacial score (nSPS) is 14.0. The summed E-state index contributed by atoms with van der Waals surface area (Å²) in [5.41, 5.74) is 0.112. The first-order valence-electron chi connectivity index (χ1n) is 8.09. The Morgan fingerprint density at radius 3 is 2.38 bits per heavy atom. The van der Waals surface area contributed by atoms with Crippen LogP contribution in [0.4, 0.5) is 0 Å². The van der Waals surface area contributed by atoms with Gasteiger partial charge in [0, 0.05) is 15.5 Å². The molecule has 2 aromatic carbocycles. The summed E-state index contributed by atoms with van der Waals surface area (Å²) in [7, 11) is 0. The molecular formula is C19H19Cl2N3O2. The maximum absolute atomic E-state index is 11.2. The summed E-state index contributed by atoms with van der Waals surface area (Å²) in [6, 6.07) is 14.4. The third-order valence-electron chi connectivity index (χ3n) is 4.35. The molecule has 3 aromatic rings. The van der Waals surface area contributed by atoms with Crippen molar-refractivity contribution in [1.82, 2.24) is 14.8 Å². The van der Waals surface area contributed by atoms with Crippen LogP contribution in [0.3, 0.4) is 0 Å². The molecule has 0 radical (unpaired) electrons. The van der Waals surface area contributed by atoms with E-state index in [1.807, 2.05) is 32.0 Å². The van der Waals surface area contributed by atoms with Gasteiger partial charge in [-0.3, -0.25) is 0 Å². The van der Waals surface area contributed by atoms with Gasteiger partial charge in [-0.1, -0.05) is 55.2 Å². The van der Waals surface area contributed by atoms with Gasteiger partial charge in [-0.25, -0.2) is 9.67 Å². The van der Waals surface area contributed by atoms with Crippen molar-refractivity contribution in [1.29, 1.82) is 0 Å². The van der Waals surface area contributed by atoms with Crippen molar-refractivity contribution in [3.63, 3.8) is 0 Å². The van der Waals surface area contributed by atoms with Gasteiger partial charge in [0.25, 0.3) is 0 Å². The molecule has 2 atom stereocenters. The minimum atomic E-state index is -0.959. The average molecular weight is 392 g/mol. The molecule has 0 amide bonds. The molecule has 7 heteroatoms. The topological polar surface area (TPSA) is 60.2 Å². The molecule has 2 unspecified atom stereocenters. The summed E-state index contributed by atoms with van der Waals surface area (Å²) >= 11 is 12.3. The Balaban J connectivity index is 1.96. The van der Waals surface area contributed by atoms with Crippen molar-refractivity contribution in [3.8, 4) is 5.75 Å². The van der Waals surface area contributed by atoms with Gasteiger partial charge < -0.3 is 9.84 Å². The Hall–Kier alpha value is -2.08. The van der Waals surface area contributed by atoms with E-state index in [1.165, 1.54) is 17.3 Å². The third kappa shape index (κ3) is 3.85. The fourth-order valence-corrected chi connectivity index (χ4v) is 3.27. The first-order valence-corrected chi connectivity index (χ1v) is 8.84. The second-order valence-electron chi connectivity index (χ2n) is 6.48. The Morgan fingerprint density at radius 2 is 1.77 bits per heavy atom. The molecule has 0 saturated heterocycles. The molecule has 5 nitrogen and oxygen atoms in total. The molecule has 0 fully saturated rings. The van der Waals surface area contributed by atoms with Crippen LogP contribution in [0.15, 0.2) is 61.2 Å². The van der Waals surface area contributed by atoms with Crippen molar-refractivity contribution in [2.75, 3.05) is 0 Å². The number of aromatic nitrogens is 3. The molecule has 1 N–H and O–H groups in total. The number of halogens is 2. The highest BCUT2D eigenvalue weighted by Gasteiger charge is 2.39. The van der Waals surface area contributed by atoms with E-state index in [9.17, 15) is 5.11 Å². The van der Waals surface area contributed by atoms with Crippen LogP contribution >= 0.6 is 23.2 Å². The van der Waals surface area contributed by atoms with Crippen LogP contribution in [0.5, 0.6) is 5.75 Å². The van der Waals surface area contributed by atoms with Crippen molar-refractivity contribution in [2.45, 2.75) is 31.6 Å². The third-order valence-corrected chi connectivity index (χ3v) is 4.93. The van der Waals surface area contributed by atoms with E-state index in [2.05, 4.69) is 10.1 Å². The predicted molar refractivity (Wildman–Crippen MR) is 102 cm³/mol. The lowest BCUT2D eigenvalue weighted by Crippen LogP contribution is -2.43. The van der Waals surface area contributed by atoms with E-state index in [1.54, 1.807) is 30.3 Å². The zero-order chi connectivity index (χ0) is 18.7. The molecule has 26 heavy (non-hydrogen) atoms. The van der Waals surface area contributed by atoms with Gasteiger partial charge in [-0.2, -0.15) is 5.10 Å². The standard InChI is InChI=1S/C19H19Cl2N3O2/c1-19(2,15-5-3-4-6-16(15)21)17(25)18(24-12-22-11-23-24)26-14-9-7-13(20)8-10-14/h3-12,17-18,25H,1-2H3. The van der Waals surface area contributed by atoms with E-state index in [4.69, 9.17) is 27.9 Å². The molecule has 0 aliphatic rings. The molecule has 0 spiro atoms. The predicted octanol–water partition coefficient (Wildman–Crippen LogP) is 4.50. The maximum Gasteiger partial charge on any atom is 0.219 e. The largest absolute Gasteiger partial charge is 0.466 e. The van der Waals surface area contributed by atoms with E-state index in [0.717, 1.165) is 5.56 Å². The zero-order valence-corrected chi connectivity index (χ0v) is 15.9. The van der Waals surface area contributed by atoms with Crippen LogP contribution < -0.4 is 4.74 Å². The summed E-state index contributed by atoms with van der Waals surface area (Å²) in [6.45, 7) is 3.82. The Labute approximate surface area is 162 Å². The van der Waals surface area contributed by atoms with Crippen LogP contribution in [-0.4, -0.2) is 26.0 Å². The number of aliphatic hydroxyl groups is 1. The average Bonchev–Trinajstić information content (AvgIpc) is 3.15. The number of rotatable bonds is 6.